The fourth-order valence-electron chi connectivity index (χ4n) is 4.98. The lowest BCUT2D eigenvalue weighted by molar-refractivity contribution is -0.150. The molecule has 0 N–H and O–H groups in total. The zero-order chi connectivity index (χ0) is 14.6. The summed E-state index contributed by atoms with van der Waals surface area (Å²) in [5.41, 5.74) is 0. The van der Waals surface area contributed by atoms with Crippen molar-refractivity contribution in [3.05, 3.63) is 0 Å². The molecule has 21 heavy (non-hydrogen) atoms. The molecule has 4 fully saturated rings. The van der Waals surface area contributed by atoms with Crippen LogP contribution in [0.2, 0.25) is 0 Å². The fraction of sp³-hybridized carbons (Fsp3) is 0.933. The highest BCUT2D eigenvalue weighted by Gasteiger charge is 2.63. The van der Waals surface area contributed by atoms with Gasteiger partial charge in [0.15, 0.2) is 9.84 Å². The molecule has 2 aliphatic heterocycles. The van der Waals surface area contributed by atoms with Crippen molar-refractivity contribution < 1.29 is 17.9 Å². The van der Waals surface area contributed by atoms with Gasteiger partial charge in [0.05, 0.1) is 11.0 Å². The monoisotopic (exact) mass is 331 g/mol. The summed E-state index contributed by atoms with van der Waals surface area (Å²) in [6, 6.07) is 0. The van der Waals surface area contributed by atoms with Crippen LogP contribution in [-0.4, -0.2) is 48.8 Å². The Morgan fingerprint density at radius 3 is 2.62 bits per heavy atom. The van der Waals surface area contributed by atoms with E-state index < -0.39 is 9.84 Å². The summed E-state index contributed by atoms with van der Waals surface area (Å²) < 4.78 is 30.0. The largest absolute Gasteiger partial charge is 0.458 e. The number of carbonyl (C=O) groups excluding carboxylic acids is 1. The maximum Gasteiger partial charge on any atom is 0.356 e. The number of fused-ring (bicyclic) bond motifs is 1. The minimum absolute atomic E-state index is 0.0707. The SMILES string of the molecule is O=C(C[S+]1CCCCC1)OC1C2CC3C1CS(=O)(=O)C3C2. The van der Waals surface area contributed by atoms with Crippen LogP contribution in [0.3, 0.4) is 0 Å². The number of esters is 1. The van der Waals surface area contributed by atoms with Gasteiger partial charge in [-0.25, -0.2) is 13.2 Å². The van der Waals surface area contributed by atoms with Crippen LogP contribution in [-0.2, 0) is 30.3 Å². The van der Waals surface area contributed by atoms with E-state index in [2.05, 4.69) is 0 Å². The average Bonchev–Trinajstić information content (AvgIpc) is 3.04. The van der Waals surface area contributed by atoms with Crippen LogP contribution in [0.5, 0.6) is 0 Å². The molecule has 0 aromatic heterocycles. The van der Waals surface area contributed by atoms with Crippen LogP contribution < -0.4 is 0 Å². The first-order valence-corrected chi connectivity index (χ1v) is 11.5. The van der Waals surface area contributed by atoms with Gasteiger partial charge in [-0.3, -0.25) is 0 Å². The average molecular weight is 331 g/mol. The third kappa shape index (κ3) is 2.42. The van der Waals surface area contributed by atoms with Gasteiger partial charge < -0.3 is 4.74 Å². The molecule has 0 spiro atoms. The van der Waals surface area contributed by atoms with Gasteiger partial charge in [-0.05, 0) is 54.8 Å². The lowest BCUT2D eigenvalue weighted by Crippen LogP contribution is -2.36. The van der Waals surface area contributed by atoms with E-state index in [0.29, 0.717) is 11.7 Å². The Balaban J connectivity index is 1.39. The summed E-state index contributed by atoms with van der Waals surface area (Å²) in [6.07, 6.45) is 5.36. The molecule has 118 valence electrons. The zero-order valence-corrected chi connectivity index (χ0v) is 13.8. The summed E-state index contributed by atoms with van der Waals surface area (Å²) in [5.74, 6) is 3.77. The highest BCUT2D eigenvalue weighted by molar-refractivity contribution is 7.97. The number of ether oxygens (including phenoxy) is 1. The predicted molar refractivity (Wildman–Crippen MR) is 83.0 cm³/mol. The Morgan fingerprint density at radius 2 is 1.86 bits per heavy atom. The predicted octanol–water partition coefficient (Wildman–Crippen LogP) is 1.15. The smallest absolute Gasteiger partial charge is 0.356 e. The Bertz CT molecular complexity index is 538. The molecule has 4 aliphatic rings. The van der Waals surface area contributed by atoms with E-state index in [1.807, 2.05) is 0 Å². The van der Waals surface area contributed by atoms with Gasteiger partial charge in [0.1, 0.15) is 17.6 Å². The molecule has 2 saturated carbocycles. The summed E-state index contributed by atoms with van der Waals surface area (Å²) >= 11 is 0. The molecule has 4 nitrogen and oxygen atoms in total. The highest BCUT2D eigenvalue weighted by Crippen LogP contribution is 2.57. The van der Waals surface area contributed by atoms with Crippen molar-refractivity contribution >= 4 is 26.7 Å². The maximum atomic E-state index is 12.2. The summed E-state index contributed by atoms with van der Waals surface area (Å²) in [4.78, 5) is 12.2. The van der Waals surface area contributed by atoms with Crippen molar-refractivity contribution in [3.63, 3.8) is 0 Å². The van der Waals surface area contributed by atoms with E-state index in [-0.39, 0.29) is 45.8 Å². The van der Waals surface area contributed by atoms with E-state index >= 15 is 0 Å². The minimum Gasteiger partial charge on any atom is -0.458 e. The van der Waals surface area contributed by atoms with E-state index in [1.54, 1.807) is 0 Å². The van der Waals surface area contributed by atoms with Crippen LogP contribution in [0.4, 0.5) is 0 Å². The summed E-state index contributed by atoms with van der Waals surface area (Å²) in [7, 11) is -2.70. The van der Waals surface area contributed by atoms with Crippen LogP contribution in [0.15, 0.2) is 0 Å². The second kappa shape index (κ2) is 5.15. The molecular weight excluding hydrogens is 308 g/mol. The van der Waals surface area contributed by atoms with Crippen molar-refractivity contribution in [2.75, 3.05) is 23.0 Å². The number of sulfone groups is 1. The van der Waals surface area contributed by atoms with Gasteiger partial charge in [-0.15, -0.1) is 0 Å². The third-order valence-corrected chi connectivity index (χ3v) is 10.6. The molecule has 2 bridgehead atoms. The van der Waals surface area contributed by atoms with E-state index in [0.717, 1.165) is 12.8 Å². The highest BCUT2D eigenvalue weighted by atomic mass is 32.2. The van der Waals surface area contributed by atoms with Crippen LogP contribution >= 0.6 is 0 Å². The number of hydrogen-bond acceptors (Lipinski definition) is 4. The number of carbonyl (C=O) groups is 1. The van der Waals surface area contributed by atoms with Gasteiger partial charge in [-0.2, -0.15) is 0 Å². The van der Waals surface area contributed by atoms with Crippen LogP contribution in [0.25, 0.3) is 0 Å². The zero-order valence-electron chi connectivity index (χ0n) is 12.2. The Hall–Kier alpha value is -0.230. The molecular formula is C15H23O4S2+. The Kier molecular flexibility index (Phi) is 3.52. The standard InChI is InChI=1S/C15H23O4S2/c16-14(8-20-4-2-1-3-5-20)19-15-10-6-11-12(15)9-21(17,18)13(11)7-10/h10-13,15H,1-9H2/q+1. The van der Waals surface area contributed by atoms with Gasteiger partial charge in [0.25, 0.3) is 0 Å². The van der Waals surface area contributed by atoms with Crippen LogP contribution in [0.1, 0.15) is 32.1 Å². The van der Waals surface area contributed by atoms with Crippen molar-refractivity contribution in [2.24, 2.45) is 17.8 Å². The van der Waals surface area contributed by atoms with Crippen LogP contribution in [0, 0.1) is 17.8 Å². The number of rotatable bonds is 3. The molecule has 5 unspecified atom stereocenters. The molecule has 0 amide bonds. The lowest BCUT2D eigenvalue weighted by Gasteiger charge is -2.26. The molecule has 6 heteroatoms. The molecule has 2 saturated heterocycles. The topological polar surface area (TPSA) is 60.4 Å². The van der Waals surface area contributed by atoms with Gasteiger partial charge in [0, 0.05) is 5.92 Å². The maximum absolute atomic E-state index is 12.2. The van der Waals surface area contributed by atoms with E-state index in [4.69, 9.17) is 4.74 Å². The summed E-state index contributed by atoms with van der Waals surface area (Å²) in [5, 5.41) is -0.123. The molecule has 5 atom stereocenters. The second-order valence-electron chi connectivity index (χ2n) is 7.11. The Morgan fingerprint density at radius 1 is 1.10 bits per heavy atom. The second-order valence-corrected chi connectivity index (χ2v) is 11.7. The van der Waals surface area contributed by atoms with Crippen molar-refractivity contribution in [2.45, 2.75) is 43.5 Å². The van der Waals surface area contributed by atoms with E-state index in [1.165, 1.54) is 30.8 Å². The van der Waals surface area contributed by atoms with Crippen molar-refractivity contribution in [1.29, 1.82) is 0 Å². The Labute approximate surface area is 129 Å². The number of hydrogen-bond donors (Lipinski definition) is 0. The first kappa shape index (κ1) is 14.4. The van der Waals surface area contributed by atoms with Gasteiger partial charge in [0.2, 0.25) is 5.75 Å². The summed E-state index contributed by atoms with van der Waals surface area (Å²) in [6.45, 7) is 0. The molecule has 2 heterocycles. The van der Waals surface area contributed by atoms with Gasteiger partial charge in [-0.1, -0.05) is 0 Å². The first-order valence-electron chi connectivity index (χ1n) is 8.10. The molecule has 0 aromatic rings. The molecule has 4 rings (SSSR count). The van der Waals surface area contributed by atoms with Crippen molar-refractivity contribution in [3.8, 4) is 0 Å². The molecule has 2 aliphatic carbocycles. The van der Waals surface area contributed by atoms with Crippen molar-refractivity contribution in [1.82, 2.24) is 0 Å². The first-order chi connectivity index (χ1) is 10.0. The molecule has 0 aromatic carbocycles. The van der Waals surface area contributed by atoms with E-state index in [9.17, 15) is 13.2 Å². The third-order valence-electron chi connectivity index (χ3n) is 5.87. The van der Waals surface area contributed by atoms with Gasteiger partial charge >= 0.3 is 5.97 Å². The normalized spacial score (nSPS) is 44.1. The lowest BCUT2D eigenvalue weighted by atomic mass is 9.88. The fourth-order valence-corrected chi connectivity index (χ4v) is 9.70. The quantitative estimate of drug-likeness (QED) is 0.575. The molecule has 0 radical (unpaired) electrons. The minimum atomic E-state index is -2.92.